The van der Waals surface area contributed by atoms with Gasteiger partial charge in [0.15, 0.2) is 0 Å². The van der Waals surface area contributed by atoms with E-state index in [9.17, 15) is 4.79 Å². The van der Waals surface area contributed by atoms with Crippen LogP contribution < -0.4 is 14.8 Å². The number of fused-ring (bicyclic) bond motifs is 1. The Morgan fingerprint density at radius 2 is 1.96 bits per heavy atom. The van der Waals surface area contributed by atoms with Gasteiger partial charge in [0.25, 0.3) is 0 Å². The van der Waals surface area contributed by atoms with Crippen LogP contribution in [-0.4, -0.2) is 31.3 Å². The lowest BCUT2D eigenvalue weighted by atomic mass is 10.1. The van der Waals surface area contributed by atoms with Gasteiger partial charge in [0.1, 0.15) is 17.1 Å². The topological polar surface area (TPSA) is 69.7 Å². The highest BCUT2D eigenvalue weighted by molar-refractivity contribution is 6.32. The second-order valence-electron chi connectivity index (χ2n) is 5.85. The van der Waals surface area contributed by atoms with Crippen molar-refractivity contribution in [3.63, 3.8) is 0 Å². The molecule has 0 radical (unpaired) electrons. The lowest BCUT2D eigenvalue weighted by Crippen LogP contribution is -2.09. The Labute approximate surface area is 168 Å². The first-order chi connectivity index (χ1) is 13.6. The molecule has 0 atom stereocenters. The molecule has 1 aromatic heterocycles. The molecule has 3 aromatic rings. The number of pyridine rings is 1. The molecular formula is C21H21ClN2O4. The zero-order valence-corrected chi connectivity index (χ0v) is 16.7. The van der Waals surface area contributed by atoms with Crippen LogP contribution in [0.5, 0.6) is 11.5 Å². The van der Waals surface area contributed by atoms with Gasteiger partial charge in [-0.3, -0.25) is 4.98 Å². The van der Waals surface area contributed by atoms with E-state index in [1.807, 2.05) is 31.2 Å². The van der Waals surface area contributed by atoms with E-state index in [1.54, 1.807) is 26.2 Å². The first-order valence-corrected chi connectivity index (χ1v) is 9.28. The number of aromatic nitrogens is 1. The lowest BCUT2D eigenvalue weighted by molar-refractivity contribution is 0.0527. The third-order valence-corrected chi connectivity index (χ3v) is 4.36. The summed E-state index contributed by atoms with van der Waals surface area (Å²) in [5, 5.41) is 4.48. The van der Waals surface area contributed by atoms with Gasteiger partial charge in [-0.25, -0.2) is 4.79 Å². The molecule has 28 heavy (non-hydrogen) atoms. The average molecular weight is 401 g/mol. The van der Waals surface area contributed by atoms with Crippen LogP contribution in [0.3, 0.4) is 0 Å². The van der Waals surface area contributed by atoms with Crippen LogP contribution in [0.1, 0.15) is 24.2 Å². The van der Waals surface area contributed by atoms with E-state index in [0.29, 0.717) is 40.1 Å². The number of carbonyl (C=O) groups is 1. The zero-order valence-electron chi connectivity index (χ0n) is 15.9. The van der Waals surface area contributed by atoms with Crippen molar-refractivity contribution in [2.24, 2.45) is 0 Å². The number of nitrogens with zero attached hydrogens (tertiary/aromatic N) is 1. The smallest absolute Gasteiger partial charge is 0.341 e. The largest absolute Gasteiger partial charge is 0.495 e. The van der Waals surface area contributed by atoms with E-state index in [1.165, 1.54) is 6.20 Å². The van der Waals surface area contributed by atoms with Crippen molar-refractivity contribution in [2.45, 2.75) is 13.8 Å². The average Bonchev–Trinajstić information content (AvgIpc) is 2.69. The molecule has 0 spiro atoms. The molecule has 0 aliphatic rings. The van der Waals surface area contributed by atoms with Crippen LogP contribution in [0.2, 0.25) is 5.02 Å². The van der Waals surface area contributed by atoms with E-state index in [4.69, 9.17) is 25.8 Å². The van der Waals surface area contributed by atoms with Crippen LogP contribution in [0.4, 0.5) is 11.4 Å². The molecule has 146 valence electrons. The number of methoxy groups -OCH3 is 1. The van der Waals surface area contributed by atoms with Crippen LogP contribution in [0.25, 0.3) is 10.9 Å². The van der Waals surface area contributed by atoms with Gasteiger partial charge in [-0.15, -0.1) is 0 Å². The fraction of sp³-hybridized carbons (Fsp3) is 0.238. The minimum absolute atomic E-state index is 0.268. The number of hydrogen-bond donors (Lipinski definition) is 1. The summed E-state index contributed by atoms with van der Waals surface area (Å²) in [5.41, 5.74) is 2.32. The van der Waals surface area contributed by atoms with Gasteiger partial charge in [-0.2, -0.15) is 0 Å². The van der Waals surface area contributed by atoms with Crippen LogP contribution >= 0.6 is 11.6 Å². The van der Waals surface area contributed by atoms with E-state index in [2.05, 4.69) is 10.3 Å². The predicted molar refractivity (Wildman–Crippen MR) is 110 cm³/mol. The van der Waals surface area contributed by atoms with Crippen LogP contribution in [0.15, 0.2) is 42.6 Å². The minimum Gasteiger partial charge on any atom is -0.495 e. The highest BCUT2D eigenvalue weighted by Gasteiger charge is 2.18. The summed E-state index contributed by atoms with van der Waals surface area (Å²) in [7, 11) is 1.55. The molecule has 0 unspecified atom stereocenters. The zero-order chi connectivity index (χ0) is 20.1. The molecule has 2 aromatic carbocycles. The van der Waals surface area contributed by atoms with Crippen molar-refractivity contribution < 1.29 is 19.0 Å². The molecule has 1 heterocycles. The maximum absolute atomic E-state index is 12.5. The third-order valence-electron chi connectivity index (χ3n) is 4.07. The van der Waals surface area contributed by atoms with Gasteiger partial charge in [0, 0.05) is 17.3 Å². The summed E-state index contributed by atoms with van der Waals surface area (Å²) in [6, 6.07) is 10.8. The van der Waals surface area contributed by atoms with Crippen LogP contribution in [0, 0.1) is 0 Å². The van der Waals surface area contributed by atoms with E-state index < -0.39 is 5.97 Å². The molecule has 0 saturated carbocycles. The standard InChI is InChI=1S/C21H21ClN2O4/c1-4-27-14-7-8-18-15(11-14)20(16(12-23-18)21(25)28-5-2)24-13-6-9-19(26-3)17(22)10-13/h6-12H,4-5H2,1-3H3,(H,23,24). The number of ether oxygens (including phenoxy) is 3. The Balaban J connectivity index is 2.14. The molecule has 6 nitrogen and oxygen atoms in total. The SMILES string of the molecule is CCOC(=O)c1cnc2ccc(OCC)cc2c1Nc1ccc(OC)c(Cl)c1. The summed E-state index contributed by atoms with van der Waals surface area (Å²) < 4.78 is 16.0. The predicted octanol–water partition coefficient (Wildman–Crippen LogP) is 5.22. The van der Waals surface area contributed by atoms with Crippen molar-refractivity contribution in [3.05, 3.63) is 53.2 Å². The Morgan fingerprint density at radius 1 is 1.14 bits per heavy atom. The van der Waals surface area contributed by atoms with Gasteiger partial charge < -0.3 is 19.5 Å². The van der Waals surface area contributed by atoms with Crippen LogP contribution in [-0.2, 0) is 4.74 Å². The number of nitrogens with one attached hydrogen (secondary N) is 1. The molecule has 1 N–H and O–H groups in total. The quantitative estimate of drug-likeness (QED) is 0.548. The minimum atomic E-state index is -0.458. The van der Waals surface area contributed by atoms with Gasteiger partial charge in [-0.1, -0.05) is 11.6 Å². The number of hydrogen-bond acceptors (Lipinski definition) is 6. The van der Waals surface area contributed by atoms with Crippen molar-refractivity contribution in [3.8, 4) is 11.5 Å². The van der Waals surface area contributed by atoms with Crippen molar-refractivity contribution in [2.75, 3.05) is 25.6 Å². The maximum Gasteiger partial charge on any atom is 0.341 e. The van der Waals surface area contributed by atoms with E-state index in [0.717, 1.165) is 10.9 Å². The molecule has 0 fully saturated rings. The third kappa shape index (κ3) is 4.12. The Morgan fingerprint density at radius 3 is 2.64 bits per heavy atom. The first-order valence-electron chi connectivity index (χ1n) is 8.90. The molecule has 7 heteroatoms. The number of anilines is 2. The van der Waals surface area contributed by atoms with Crippen molar-refractivity contribution in [1.29, 1.82) is 0 Å². The number of halogens is 1. The molecule has 0 aliphatic heterocycles. The van der Waals surface area contributed by atoms with E-state index in [-0.39, 0.29) is 6.61 Å². The highest BCUT2D eigenvalue weighted by atomic mass is 35.5. The second-order valence-corrected chi connectivity index (χ2v) is 6.26. The summed E-state index contributed by atoms with van der Waals surface area (Å²) in [6.07, 6.45) is 1.51. The molecule has 0 saturated heterocycles. The molecule has 0 amide bonds. The number of benzene rings is 2. The molecule has 3 rings (SSSR count). The maximum atomic E-state index is 12.5. The summed E-state index contributed by atoms with van der Waals surface area (Å²) in [5.74, 6) is 0.797. The van der Waals surface area contributed by atoms with Crippen molar-refractivity contribution >= 4 is 39.8 Å². The Bertz CT molecular complexity index is 1010. The first kappa shape index (κ1) is 19.8. The Hall–Kier alpha value is -2.99. The molecule has 0 aliphatic carbocycles. The van der Waals surface area contributed by atoms with E-state index >= 15 is 0 Å². The highest BCUT2D eigenvalue weighted by Crippen LogP contribution is 2.34. The summed E-state index contributed by atoms with van der Waals surface area (Å²) in [6.45, 7) is 4.48. The number of rotatable bonds is 7. The summed E-state index contributed by atoms with van der Waals surface area (Å²) >= 11 is 6.24. The van der Waals surface area contributed by atoms with Gasteiger partial charge in [0.2, 0.25) is 0 Å². The van der Waals surface area contributed by atoms with Gasteiger partial charge in [-0.05, 0) is 50.2 Å². The lowest BCUT2D eigenvalue weighted by Gasteiger charge is -2.15. The molecular weight excluding hydrogens is 380 g/mol. The van der Waals surface area contributed by atoms with Gasteiger partial charge in [0.05, 0.1) is 36.6 Å². The fourth-order valence-corrected chi connectivity index (χ4v) is 3.07. The monoisotopic (exact) mass is 400 g/mol. The number of esters is 1. The fourth-order valence-electron chi connectivity index (χ4n) is 2.81. The normalized spacial score (nSPS) is 10.6. The number of carbonyl (C=O) groups excluding carboxylic acids is 1. The second kappa shape index (κ2) is 8.80. The van der Waals surface area contributed by atoms with Gasteiger partial charge >= 0.3 is 5.97 Å². The Kier molecular flexibility index (Phi) is 6.21. The van der Waals surface area contributed by atoms with Crippen molar-refractivity contribution in [1.82, 2.24) is 4.98 Å². The summed E-state index contributed by atoms with van der Waals surface area (Å²) in [4.78, 5) is 16.9. The molecule has 0 bridgehead atoms.